The fraction of sp³-hybridized carbons (Fsp3) is 0.409. The molecule has 32 heavy (non-hydrogen) atoms. The molecule has 1 atom stereocenters. The van der Waals surface area contributed by atoms with E-state index >= 15 is 0 Å². The standard InChI is InChI=1S/C22H25N7O2S/c1-13-3-2-4-16-18(13)27-20(26-16)24-12-14-6-9-29(10-7-14)21-23-8-5-15(25-21)11-17-19(30)28-22(31)32-17/h2,4-5,8,11,13-14H,3,6-7,9-10,12H2,1H3,(H2,24,26,27)(H,28,30,31). The van der Waals surface area contributed by atoms with Gasteiger partial charge in [0.15, 0.2) is 0 Å². The van der Waals surface area contributed by atoms with Gasteiger partial charge >= 0.3 is 0 Å². The molecule has 0 saturated carbocycles. The van der Waals surface area contributed by atoms with Crippen LogP contribution < -0.4 is 15.5 Å². The van der Waals surface area contributed by atoms with Crippen molar-refractivity contribution in [3.05, 3.63) is 40.3 Å². The Labute approximate surface area is 190 Å². The summed E-state index contributed by atoms with van der Waals surface area (Å²) in [6.45, 7) is 4.84. The monoisotopic (exact) mass is 451 g/mol. The maximum atomic E-state index is 11.8. The van der Waals surface area contributed by atoms with Gasteiger partial charge in [-0.15, -0.1) is 0 Å². The van der Waals surface area contributed by atoms with Gasteiger partial charge in [-0.05, 0) is 55.2 Å². The van der Waals surface area contributed by atoms with Crippen LogP contribution in [0, 0.1) is 5.92 Å². The van der Waals surface area contributed by atoms with E-state index in [1.807, 2.05) is 0 Å². The number of H-pyrrole nitrogens is 1. The highest BCUT2D eigenvalue weighted by molar-refractivity contribution is 8.18. The molecular weight excluding hydrogens is 426 g/mol. The molecule has 2 saturated heterocycles. The first kappa shape index (κ1) is 20.7. The summed E-state index contributed by atoms with van der Waals surface area (Å²) in [4.78, 5) is 42.7. The molecule has 3 N–H and O–H groups in total. The number of aromatic nitrogens is 4. The Bertz CT molecular complexity index is 1100. The fourth-order valence-electron chi connectivity index (χ4n) is 4.22. The lowest BCUT2D eigenvalue weighted by Crippen LogP contribution is -2.37. The van der Waals surface area contributed by atoms with E-state index in [1.54, 1.807) is 18.3 Å². The molecule has 9 nitrogen and oxygen atoms in total. The molecule has 5 rings (SSSR count). The number of piperidine rings is 1. The number of aromatic amines is 1. The Morgan fingerprint density at radius 2 is 2.12 bits per heavy atom. The SMILES string of the molecule is CC1CC=Cc2nc(NCC3CCN(c4nccc(C=C5SC(=O)NC5=O)n4)CC3)[nH]c21. The molecule has 2 fully saturated rings. The van der Waals surface area contributed by atoms with Gasteiger partial charge in [0.05, 0.1) is 16.3 Å². The zero-order valence-corrected chi connectivity index (χ0v) is 18.6. The van der Waals surface area contributed by atoms with Crippen LogP contribution in [-0.4, -0.2) is 50.7 Å². The molecule has 1 aliphatic carbocycles. The van der Waals surface area contributed by atoms with Gasteiger partial charge in [0.2, 0.25) is 11.9 Å². The van der Waals surface area contributed by atoms with Crippen molar-refractivity contribution in [2.24, 2.45) is 5.92 Å². The summed E-state index contributed by atoms with van der Waals surface area (Å²) in [5, 5.41) is 5.38. The number of amides is 2. The minimum atomic E-state index is -0.378. The number of hydrogen-bond acceptors (Lipinski definition) is 8. The van der Waals surface area contributed by atoms with E-state index in [4.69, 9.17) is 0 Å². The number of rotatable bonds is 5. The molecule has 3 aliphatic rings. The Morgan fingerprint density at radius 3 is 2.88 bits per heavy atom. The van der Waals surface area contributed by atoms with E-state index in [0.717, 1.165) is 62.3 Å². The summed E-state index contributed by atoms with van der Waals surface area (Å²) < 4.78 is 0. The van der Waals surface area contributed by atoms with Gasteiger partial charge in [-0.1, -0.05) is 13.0 Å². The number of hydrogen-bond donors (Lipinski definition) is 3. The fourth-order valence-corrected chi connectivity index (χ4v) is 4.88. The summed E-state index contributed by atoms with van der Waals surface area (Å²) in [6, 6.07) is 1.74. The molecule has 166 valence electrons. The number of allylic oxidation sites excluding steroid dienone is 1. The van der Waals surface area contributed by atoms with Crippen molar-refractivity contribution in [1.82, 2.24) is 25.3 Å². The smallest absolute Gasteiger partial charge is 0.290 e. The number of imide groups is 1. The number of carbonyl (C=O) groups excluding carboxylic acids is 2. The van der Waals surface area contributed by atoms with Gasteiger partial charge in [-0.25, -0.2) is 15.0 Å². The second-order valence-electron chi connectivity index (χ2n) is 8.37. The molecule has 0 radical (unpaired) electrons. The largest absolute Gasteiger partial charge is 0.356 e. The van der Waals surface area contributed by atoms with E-state index in [1.165, 1.54) is 5.69 Å². The number of nitrogens with zero attached hydrogens (tertiary/aromatic N) is 4. The quantitative estimate of drug-likeness (QED) is 0.593. The molecule has 4 heterocycles. The zero-order chi connectivity index (χ0) is 22.1. The summed E-state index contributed by atoms with van der Waals surface area (Å²) in [7, 11) is 0. The molecule has 10 heteroatoms. The van der Waals surface area contributed by atoms with Gasteiger partial charge in [-0.2, -0.15) is 0 Å². The van der Waals surface area contributed by atoms with Crippen LogP contribution in [0.1, 0.15) is 49.2 Å². The molecule has 0 bridgehead atoms. The van der Waals surface area contributed by atoms with Crippen molar-refractivity contribution in [2.45, 2.75) is 32.1 Å². The van der Waals surface area contributed by atoms with Gasteiger partial charge in [0.1, 0.15) is 0 Å². The number of thioether (sulfide) groups is 1. The van der Waals surface area contributed by atoms with Crippen molar-refractivity contribution in [2.75, 3.05) is 29.9 Å². The van der Waals surface area contributed by atoms with Crippen LogP contribution >= 0.6 is 11.8 Å². The molecule has 1 unspecified atom stereocenters. The first-order valence-corrected chi connectivity index (χ1v) is 11.7. The highest BCUT2D eigenvalue weighted by atomic mass is 32.2. The van der Waals surface area contributed by atoms with E-state index in [9.17, 15) is 9.59 Å². The Balaban J connectivity index is 1.16. The number of nitrogens with one attached hydrogen (secondary N) is 3. The summed E-state index contributed by atoms with van der Waals surface area (Å²) >= 11 is 0.892. The first-order valence-electron chi connectivity index (χ1n) is 10.9. The maximum absolute atomic E-state index is 11.8. The maximum Gasteiger partial charge on any atom is 0.290 e. The molecule has 0 aromatic carbocycles. The summed E-state index contributed by atoms with van der Waals surface area (Å²) in [5.74, 6) is 2.16. The van der Waals surface area contributed by atoms with Crippen molar-refractivity contribution in [1.29, 1.82) is 0 Å². The Hall–Kier alpha value is -3.14. The van der Waals surface area contributed by atoms with Crippen LogP contribution in [0.25, 0.3) is 12.2 Å². The van der Waals surface area contributed by atoms with Crippen molar-refractivity contribution in [3.63, 3.8) is 0 Å². The van der Waals surface area contributed by atoms with E-state index in [-0.39, 0.29) is 11.1 Å². The minimum Gasteiger partial charge on any atom is -0.356 e. The van der Waals surface area contributed by atoms with Crippen molar-refractivity contribution >= 4 is 47.0 Å². The summed E-state index contributed by atoms with van der Waals surface area (Å²) in [6.07, 6.45) is 10.7. The molecule has 2 aromatic heterocycles. The minimum absolute atomic E-state index is 0.355. The molecule has 2 aromatic rings. The molecule has 2 amide bonds. The third-order valence-corrected chi connectivity index (χ3v) is 6.87. The van der Waals surface area contributed by atoms with Crippen LogP contribution in [0.3, 0.4) is 0 Å². The van der Waals surface area contributed by atoms with Gasteiger partial charge in [0.25, 0.3) is 11.1 Å². The second-order valence-corrected chi connectivity index (χ2v) is 9.38. The highest BCUT2D eigenvalue weighted by Gasteiger charge is 2.26. The first-order chi connectivity index (χ1) is 15.5. The average Bonchev–Trinajstić information content (AvgIpc) is 3.36. The number of imidazole rings is 1. The van der Waals surface area contributed by atoms with Crippen LogP contribution in [-0.2, 0) is 4.79 Å². The predicted octanol–water partition coefficient (Wildman–Crippen LogP) is 3.37. The van der Waals surface area contributed by atoms with Crippen LogP contribution in [0.15, 0.2) is 23.2 Å². The van der Waals surface area contributed by atoms with Crippen LogP contribution in [0.4, 0.5) is 16.7 Å². The highest BCUT2D eigenvalue weighted by Crippen LogP contribution is 2.29. The summed E-state index contributed by atoms with van der Waals surface area (Å²) in [5.41, 5.74) is 2.89. The zero-order valence-electron chi connectivity index (χ0n) is 17.8. The van der Waals surface area contributed by atoms with E-state index < -0.39 is 0 Å². The molecule has 2 aliphatic heterocycles. The predicted molar refractivity (Wildman–Crippen MR) is 125 cm³/mol. The van der Waals surface area contributed by atoms with Crippen molar-refractivity contribution < 1.29 is 9.59 Å². The third kappa shape index (κ3) is 4.40. The normalized spacial score (nSPS) is 22.3. The lowest BCUT2D eigenvalue weighted by molar-refractivity contribution is -0.115. The van der Waals surface area contributed by atoms with Crippen LogP contribution in [0.5, 0.6) is 0 Å². The Kier molecular flexibility index (Phi) is 5.69. The lowest BCUT2D eigenvalue weighted by atomic mass is 9.97. The molecule has 0 spiro atoms. The second kappa shape index (κ2) is 8.78. The van der Waals surface area contributed by atoms with E-state index in [2.05, 4.69) is 54.5 Å². The average molecular weight is 452 g/mol. The van der Waals surface area contributed by atoms with Crippen LogP contribution in [0.2, 0.25) is 0 Å². The third-order valence-electron chi connectivity index (χ3n) is 6.06. The van der Waals surface area contributed by atoms with Gasteiger partial charge in [0, 0.05) is 37.4 Å². The topological polar surface area (TPSA) is 116 Å². The molecular formula is C22H25N7O2S. The van der Waals surface area contributed by atoms with Gasteiger partial charge in [-0.3, -0.25) is 14.9 Å². The number of anilines is 2. The number of fused-ring (bicyclic) bond motifs is 1. The lowest BCUT2D eigenvalue weighted by Gasteiger charge is -2.32. The van der Waals surface area contributed by atoms with Crippen molar-refractivity contribution in [3.8, 4) is 0 Å². The van der Waals surface area contributed by atoms with E-state index in [0.29, 0.717) is 28.4 Å². The van der Waals surface area contributed by atoms with Gasteiger partial charge < -0.3 is 15.2 Å². The number of carbonyl (C=O) groups is 2. The Morgan fingerprint density at radius 1 is 1.28 bits per heavy atom.